The van der Waals surface area contributed by atoms with Crippen molar-refractivity contribution in [3.05, 3.63) is 53.7 Å². The monoisotopic (exact) mass is 274 g/mol. The molecule has 6 heteroatoms. The largest absolute Gasteiger partial charge is 0.480 e. The Hall–Kier alpha value is -2.63. The molecule has 0 aliphatic carbocycles. The molecular weight excluding hydrogens is 260 g/mol. The molecule has 1 aromatic carbocycles. The lowest BCUT2D eigenvalue weighted by Crippen LogP contribution is -2.35. The van der Waals surface area contributed by atoms with Crippen molar-refractivity contribution in [2.45, 2.75) is 13.5 Å². The average molecular weight is 274 g/mol. The van der Waals surface area contributed by atoms with Crippen molar-refractivity contribution >= 4 is 11.9 Å². The van der Waals surface area contributed by atoms with Crippen LogP contribution < -0.4 is 0 Å². The first-order valence-corrected chi connectivity index (χ1v) is 6.03. The van der Waals surface area contributed by atoms with Gasteiger partial charge in [0.05, 0.1) is 0 Å². The van der Waals surface area contributed by atoms with E-state index in [0.29, 0.717) is 5.89 Å². The second kappa shape index (κ2) is 6.01. The number of aromatic nitrogens is 1. The van der Waals surface area contributed by atoms with Crippen LogP contribution in [0.2, 0.25) is 0 Å². The fraction of sp³-hybridized carbons (Fsp3) is 0.214. The first-order valence-electron chi connectivity index (χ1n) is 6.03. The Morgan fingerprint density at radius 2 is 2.00 bits per heavy atom. The molecule has 0 saturated carbocycles. The summed E-state index contributed by atoms with van der Waals surface area (Å²) in [5.74, 6) is -1.18. The minimum absolute atomic E-state index is 0.111. The molecule has 6 nitrogen and oxygen atoms in total. The van der Waals surface area contributed by atoms with Gasteiger partial charge in [0.15, 0.2) is 11.6 Å². The van der Waals surface area contributed by atoms with Gasteiger partial charge >= 0.3 is 5.97 Å². The lowest BCUT2D eigenvalue weighted by atomic mass is 10.2. The molecule has 1 amide bonds. The van der Waals surface area contributed by atoms with Crippen LogP contribution in [0.1, 0.15) is 21.9 Å². The average Bonchev–Trinajstić information content (AvgIpc) is 2.84. The SMILES string of the molecule is Cc1nc(C(=O)N(CC(=O)O)Cc2ccccc2)co1. The number of carboxylic acid groups (broad SMARTS) is 1. The molecule has 2 aromatic rings. The van der Waals surface area contributed by atoms with Crippen LogP contribution in [0.5, 0.6) is 0 Å². The standard InChI is InChI=1S/C14H14N2O4/c1-10-15-12(9-20-10)14(19)16(8-13(17)18)7-11-5-3-2-4-6-11/h2-6,9H,7-8H2,1H3,(H,17,18). The van der Waals surface area contributed by atoms with E-state index in [4.69, 9.17) is 9.52 Å². The summed E-state index contributed by atoms with van der Waals surface area (Å²) < 4.78 is 4.98. The van der Waals surface area contributed by atoms with Crippen LogP contribution >= 0.6 is 0 Å². The zero-order valence-electron chi connectivity index (χ0n) is 10.9. The number of carbonyl (C=O) groups excluding carboxylic acids is 1. The highest BCUT2D eigenvalue weighted by Crippen LogP contribution is 2.10. The second-order valence-corrected chi connectivity index (χ2v) is 4.29. The maximum absolute atomic E-state index is 12.2. The molecule has 104 valence electrons. The van der Waals surface area contributed by atoms with E-state index >= 15 is 0 Å². The van der Waals surface area contributed by atoms with E-state index < -0.39 is 11.9 Å². The van der Waals surface area contributed by atoms with Crippen LogP contribution in [0.3, 0.4) is 0 Å². The quantitative estimate of drug-likeness (QED) is 0.897. The number of hydrogen-bond acceptors (Lipinski definition) is 4. The van der Waals surface area contributed by atoms with E-state index in [1.54, 1.807) is 6.92 Å². The lowest BCUT2D eigenvalue weighted by molar-refractivity contribution is -0.137. The molecule has 0 fully saturated rings. The van der Waals surface area contributed by atoms with Gasteiger partial charge in [-0.1, -0.05) is 30.3 Å². The highest BCUT2D eigenvalue weighted by atomic mass is 16.4. The molecule has 1 aromatic heterocycles. The van der Waals surface area contributed by atoms with Gasteiger partial charge in [-0.15, -0.1) is 0 Å². The topological polar surface area (TPSA) is 83.6 Å². The Morgan fingerprint density at radius 1 is 1.30 bits per heavy atom. The molecule has 1 N–H and O–H groups in total. The van der Waals surface area contributed by atoms with E-state index in [1.807, 2.05) is 30.3 Å². The van der Waals surface area contributed by atoms with Crippen LogP contribution in [-0.2, 0) is 11.3 Å². The van der Waals surface area contributed by atoms with Crippen LogP contribution in [0, 0.1) is 6.92 Å². The second-order valence-electron chi connectivity index (χ2n) is 4.29. The van der Waals surface area contributed by atoms with Gasteiger partial charge in [-0.2, -0.15) is 0 Å². The van der Waals surface area contributed by atoms with Gasteiger partial charge in [-0.3, -0.25) is 9.59 Å². The molecule has 0 unspecified atom stereocenters. The van der Waals surface area contributed by atoms with Crippen LogP contribution in [0.25, 0.3) is 0 Å². The van der Waals surface area contributed by atoms with Crippen molar-refractivity contribution in [3.63, 3.8) is 0 Å². The van der Waals surface area contributed by atoms with Crippen molar-refractivity contribution in [3.8, 4) is 0 Å². The third-order valence-corrected chi connectivity index (χ3v) is 2.67. The lowest BCUT2D eigenvalue weighted by Gasteiger charge is -2.19. The highest BCUT2D eigenvalue weighted by molar-refractivity contribution is 5.93. The number of benzene rings is 1. The summed E-state index contributed by atoms with van der Waals surface area (Å²) in [7, 11) is 0. The number of hydrogen-bond donors (Lipinski definition) is 1. The summed E-state index contributed by atoms with van der Waals surface area (Å²) in [6.45, 7) is 1.44. The number of carboxylic acids is 1. The fourth-order valence-corrected chi connectivity index (χ4v) is 1.79. The first-order chi connectivity index (χ1) is 9.56. The van der Waals surface area contributed by atoms with E-state index in [0.717, 1.165) is 5.56 Å². The van der Waals surface area contributed by atoms with Crippen LogP contribution in [0.4, 0.5) is 0 Å². The summed E-state index contributed by atoms with van der Waals surface area (Å²) in [5, 5.41) is 8.93. The predicted octanol–water partition coefficient (Wildman–Crippen LogP) is 1.71. The number of aryl methyl sites for hydroxylation is 1. The maximum Gasteiger partial charge on any atom is 0.323 e. The van der Waals surface area contributed by atoms with Gasteiger partial charge in [-0.25, -0.2) is 4.98 Å². The van der Waals surface area contributed by atoms with Crippen LogP contribution in [0.15, 0.2) is 41.0 Å². The molecule has 0 radical (unpaired) electrons. The van der Waals surface area contributed by atoms with Gasteiger partial charge in [-0.05, 0) is 5.56 Å². The summed E-state index contributed by atoms with van der Waals surface area (Å²) in [6.07, 6.45) is 1.23. The Balaban J connectivity index is 2.19. The normalized spacial score (nSPS) is 10.2. The zero-order valence-corrected chi connectivity index (χ0v) is 10.9. The minimum Gasteiger partial charge on any atom is -0.480 e. The molecule has 0 bridgehead atoms. The number of carbonyl (C=O) groups is 2. The molecule has 0 spiro atoms. The molecule has 1 heterocycles. The number of rotatable bonds is 5. The third-order valence-electron chi connectivity index (χ3n) is 2.67. The Labute approximate surface area is 115 Å². The zero-order chi connectivity index (χ0) is 14.5. The van der Waals surface area contributed by atoms with Crippen LogP contribution in [-0.4, -0.2) is 33.4 Å². The van der Waals surface area contributed by atoms with E-state index in [-0.39, 0.29) is 18.8 Å². The van der Waals surface area contributed by atoms with Crippen molar-refractivity contribution in [1.82, 2.24) is 9.88 Å². The fourth-order valence-electron chi connectivity index (χ4n) is 1.79. The van der Waals surface area contributed by atoms with E-state index in [9.17, 15) is 9.59 Å². The molecule has 0 saturated heterocycles. The first kappa shape index (κ1) is 13.8. The molecule has 0 aliphatic rings. The van der Waals surface area contributed by atoms with Gasteiger partial charge in [0, 0.05) is 13.5 Å². The summed E-state index contributed by atoms with van der Waals surface area (Å²) in [5.41, 5.74) is 0.960. The van der Waals surface area contributed by atoms with E-state index in [1.165, 1.54) is 11.2 Å². The third kappa shape index (κ3) is 3.44. The summed E-state index contributed by atoms with van der Waals surface area (Å²) in [4.78, 5) is 28.3. The predicted molar refractivity (Wildman–Crippen MR) is 70.1 cm³/mol. The van der Waals surface area contributed by atoms with Gasteiger partial charge < -0.3 is 14.4 Å². The number of amides is 1. The molecule has 0 aliphatic heterocycles. The highest BCUT2D eigenvalue weighted by Gasteiger charge is 2.21. The minimum atomic E-state index is -1.07. The Morgan fingerprint density at radius 3 is 2.55 bits per heavy atom. The Kier molecular flexibility index (Phi) is 4.14. The van der Waals surface area contributed by atoms with Gasteiger partial charge in [0.25, 0.3) is 5.91 Å². The molecule has 20 heavy (non-hydrogen) atoms. The Bertz CT molecular complexity index is 607. The molecule has 2 rings (SSSR count). The van der Waals surface area contributed by atoms with Gasteiger partial charge in [0.1, 0.15) is 12.8 Å². The van der Waals surface area contributed by atoms with Crippen molar-refractivity contribution < 1.29 is 19.1 Å². The smallest absolute Gasteiger partial charge is 0.323 e. The number of nitrogens with zero attached hydrogens (tertiary/aromatic N) is 2. The van der Waals surface area contributed by atoms with Crippen molar-refractivity contribution in [2.75, 3.05) is 6.54 Å². The maximum atomic E-state index is 12.2. The number of oxazole rings is 1. The summed E-state index contributed by atoms with van der Waals surface area (Å²) in [6, 6.07) is 9.18. The summed E-state index contributed by atoms with van der Waals surface area (Å²) >= 11 is 0. The number of aliphatic carboxylic acids is 1. The molecular formula is C14H14N2O4. The van der Waals surface area contributed by atoms with Gasteiger partial charge in [0.2, 0.25) is 0 Å². The van der Waals surface area contributed by atoms with E-state index in [2.05, 4.69) is 4.98 Å². The van der Waals surface area contributed by atoms with Crippen molar-refractivity contribution in [2.24, 2.45) is 0 Å². The molecule has 0 atom stereocenters. The van der Waals surface area contributed by atoms with Crippen molar-refractivity contribution in [1.29, 1.82) is 0 Å².